The quantitative estimate of drug-likeness (QED) is 0.553. The summed E-state index contributed by atoms with van der Waals surface area (Å²) in [5.74, 6) is -0.225. The van der Waals surface area contributed by atoms with E-state index in [2.05, 4.69) is 15.5 Å². The van der Waals surface area contributed by atoms with Gasteiger partial charge in [0.25, 0.3) is 0 Å². The number of hydrogen-bond donors (Lipinski definition) is 3. The molecular weight excluding hydrogens is 158 g/mol. The van der Waals surface area contributed by atoms with E-state index in [4.69, 9.17) is 5.11 Å². The molecule has 64 valence electrons. The third kappa shape index (κ3) is 1.03. The average Bonchev–Trinajstić information content (AvgIpc) is 2.49. The zero-order valence-electron chi connectivity index (χ0n) is 6.37. The number of carbonyl (C=O) groups is 1. The molecule has 1 aromatic rings. The molecule has 1 atom stereocenters. The van der Waals surface area contributed by atoms with E-state index in [-0.39, 0.29) is 5.92 Å². The highest BCUT2D eigenvalue weighted by Crippen LogP contribution is 2.21. The summed E-state index contributed by atoms with van der Waals surface area (Å²) >= 11 is 0. The van der Waals surface area contributed by atoms with Crippen molar-refractivity contribution in [3.63, 3.8) is 0 Å². The van der Waals surface area contributed by atoms with Gasteiger partial charge in [-0.3, -0.25) is 9.89 Å². The van der Waals surface area contributed by atoms with Crippen LogP contribution in [0.25, 0.3) is 0 Å². The second kappa shape index (κ2) is 2.51. The summed E-state index contributed by atoms with van der Waals surface area (Å²) in [7, 11) is 0. The molecule has 0 saturated carbocycles. The van der Waals surface area contributed by atoms with Gasteiger partial charge in [-0.05, 0) is 6.42 Å². The first-order chi connectivity index (χ1) is 5.77. The van der Waals surface area contributed by atoms with Crippen LogP contribution in [0.3, 0.4) is 0 Å². The molecule has 12 heavy (non-hydrogen) atoms. The zero-order chi connectivity index (χ0) is 8.55. The number of aromatic amines is 1. The summed E-state index contributed by atoms with van der Waals surface area (Å²) in [6.45, 7) is 0.477. The number of hydrogen-bond acceptors (Lipinski definition) is 3. The van der Waals surface area contributed by atoms with E-state index in [1.807, 2.05) is 0 Å². The Morgan fingerprint density at radius 3 is 3.33 bits per heavy atom. The number of carboxylic acid groups (broad SMARTS) is 1. The Labute approximate surface area is 68.8 Å². The van der Waals surface area contributed by atoms with Gasteiger partial charge >= 0.3 is 5.97 Å². The van der Waals surface area contributed by atoms with Gasteiger partial charge in [-0.15, -0.1) is 0 Å². The van der Waals surface area contributed by atoms with Crippen molar-refractivity contribution in [2.45, 2.75) is 6.42 Å². The van der Waals surface area contributed by atoms with E-state index in [0.29, 0.717) is 13.0 Å². The largest absolute Gasteiger partial charge is 0.481 e. The molecule has 0 bridgehead atoms. The van der Waals surface area contributed by atoms with Crippen molar-refractivity contribution >= 4 is 11.8 Å². The Morgan fingerprint density at radius 2 is 2.58 bits per heavy atom. The predicted molar refractivity (Wildman–Crippen MR) is 41.9 cm³/mol. The number of fused-ring (bicyclic) bond motifs is 1. The van der Waals surface area contributed by atoms with Gasteiger partial charge < -0.3 is 10.4 Å². The van der Waals surface area contributed by atoms with Crippen LogP contribution in [-0.4, -0.2) is 27.8 Å². The highest BCUT2D eigenvalue weighted by Gasteiger charge is 2.24. The lowest BCUT2D eigenvalue weighted by Gasteiger charge is -2.19. The maximum absolute atomic E-state index is 10.6. The topological polar surface area (TPSA) is 78.0 Å². The fourth-order valence-electron chi connectivity index (χ4n) is 1.36. The SMILES string of the molecule is O=C(O)C1CNc2[nH]ncc2C1. The summed E-state index contributed by atoms with van der Waals surface area (Å²) in [5.41, 5.74) is 0.952. The van der Waals surface area contributed by atoms with Gasteiger partial charge in [0.05, 0.1) is 12.1 Å². The number of aromatic nitrogens is 2. The fraction of sp³-hybridized carbons (Fsp3) is 0.429. The summed E-state index contributed by atoms with van der Waals surface area (Å²) in [5, 5.41) is 18.3. The number of rotatable bonds is 1. The molecule has 0 aliphatic carbocycles. The van der Waals surface area contributed by atoms with E-state index < -0.39 is 5.97 Å². The van der Waals surface area contributed by atoms with Crippen molar-refractivity contribution in [3.05, 3.63) is 11.8 Å². The summed E-state index contributed by atoms with van der Waals surface area (Å²) in [6.07, 6.45) is 2.23. The second-order valence-corrected chi connectivity index (χ2v) is 2.89. The highest BCUT2D eigenvalue weighted by atomic mass is 16.4. The first-order valence-electron chi connectivity index (χ1n) is 3.76. The molecule has 1 aromatic heterocycles. The zero-order valence-corrected chi connectivity index (χ0v) is 6.37. The van der Waals surface area contributed by atoms with E-state index in [9.17, 15) is 4.79 Å². The van der Waals surface area contributed by atoms with Crippen LogP contribution in [0.5, 0.6) is 0 Å². The molecule has 1 aliphatic rings. The van der Waals surface area contributed by atoms with Crippen LogP contribution in [0.4, 0.5) is 5.82 Å². The van der Waals surface area contributed by atoms with Crippen LogP contribution in [-0.2, 0) is 11.2 Å². The van der Waals surface area contributed by atoms with Gasteiger partial charge in [0.15, 0.2) is 0 Å². The van der Waals surface area contributed by atoms with Crippen LogP contribution < -0.4 is 5.32 Å². The Balaban J connectivity index is 2.20. The van der Waals surface area contributed by atoms with Gasteiger partial charge in [0.2, 0.25) is 0 Å². The first kappa shape index (κ1) is 7.15. The molecule has 1 aliphatic heterocycles. The van der Waals surface area contributed by atoms with Crippen molar-refractivity contribution in [2.75, 3.05) is 11.9 Å². The number of carboxylic acids is 1. The number of aliphatic carboxylic acids is 1. The minimum atomic E-state index is -0.755. The maximum atomic E-state index is 10.6. The van der Waals surface area contributed by atoms with Crippen molar-refractivity contribution in [3.8, 4) is 0 Å². The molecule has 0 aromatic carbocycles. The molecule has 0 radical (unpaired) electrons. The third-order valence-electron chi connectivity index (χ3n) is 2.06. The second-order valence-electron chi connectivity index (χ2n) is 2.89. The fourth-order valence-corrected chi connectivity index (χ4v) is 1.36. The third-order valence-corrected chi connectivity index (χ3v) is 2.06. The Kier molecular flexibility index (Phi) is 1.49. The Hall–Kier alpha value is -1.52. The lowest BCUT2D eigenvalue weighted by Crippen LogP contribution is -2.29. The standard InChI is InChI=1S/C7H9N3O2/c11-7(12)5-1-4-3-9-10-6(4)8-2-5/h3,5H,1-2H2,(H,11,12)(H2,8,9,10). The highest BCUT2D eigenvalue weighted by molar-refractivity contribution is 5.72. The molecule has 5 nitrogen and oxygen atoms in total. The van der Waals surface area contributed by atoms with Gasteiger partial charge in [0, 0.05) is 12.1 Å². The van der Waals surface area contributed by atoms with Crippen LogP contribution in [0.2, 0.25) is 0 Å². The van der Waals surface area contributed by atoms with Gasteiger partial charge in [0.1, 0.15) is 5.82 Å². The smallest absolute Gasteiger partial charge is 0.308 e. The van der Waals surface area contributed by atoms with Crippen LogP contribution in [0, 0.1) is 5.92 Å². The summed E-state index contributed by atoms with van der Waals surface area (Å²) < 4.78 is 0. The van der Waals surface area contributed by atoms with Crippen LogP contribution in [0.15, 0.2) is 6.20 Å². The minimum Gasteiger partial charge on any atom is -0.481 e. The number of nitrogens with zero attached hydrogens (tertiary/aromatic N) is 1. The van der Waals surface area contributed by atoms with Crippen LogP contribution in [0.1, 0.15) is 5.56 Å². The number of nitrogens with one attached hydrogen (secondary N) is 2. The molecule has 0 spiro atoms. The maximum Gasteiger partial charge on any atom is 0.308 e. The summed E-state index contributed by atoms with van der Waals surface area (Å²) in [6, 6.07) is 0. The predicted octanol–water partition coefficient (Wildman–Crippen LogP) is 0.0785. The molecule has 3 N–H and O–H groups in total. The lowest BCUT2D eigenvalue weighted by molar-refractivity contribution is -0.141. The number of anilines is 1. The van der Waals surface area contributed by atoms with Crippen LogP contribution >= 0.6 is 0 Å². The van der Waals surface area contributed by atoms with E-state index >= 15 is 0 Å². The molecule has 1 unspecified atom stereocenters. The van der Waals surface area contributed by atoms with E-state index in [1.54, 1.807) is 6.20 Å². The molecular formula is C7H9N3O2. The molecule has 5 heteroatoms. The average molecular weight is 167 g/mol. The lowest BCUT2D eigenvalue weighted by atomic mass is 9.98. The Bertz CT molecular complexity index is 307. The van der Waals surface area contributed by atoms with Crippen molar-refractivity contribution in [1.82, 2.24) is 10.2 Å². The molecule has 0 fully saturated rings. The molecule has 0 amide bonds. The van der Waals surface area contributed by atoms with Crippen molar-refractivity contribution in [1.29, 1.82) is 0 Å². The van der Waals surface area contributed by atoms with Gasteiger partial charge in [-0.25, -0.2) is 0 Å². The van der Waals surface area contributed by atoms with Crippen molar-refractivity contribution < 1.29 is 9.90 Å². The minimum absolute atomic E-state index is 0.324. The molecule has 2 rings (SSSR count). The summed E-state index contributed by atoms with van der Waals surface area (Å²) in [4.78, 5) is 10.6. The van der Waals surface area contributed by atoms with E-state index in [0.717, 1.165) is 11.4 Å². The Morgan fingerprint density at radius 1 is 1.75 bits per heavy atom. The van der Waals surface area contributed by atoms with Gasteiger partial charge in [-0.1, -0.05) is 0 Å². The van der Waals surface area contributed by atoms with Crippen molar-refractivity contribution in [2.24, 2.45) is 5.92 Å². The van der Waals surface area contributed by atoms with Gasteiger partial charge in [-0.2, -0.15) is 5.10 Å². The first-order valence-corrected chi connectivity index (χ1v) is 3.76. The number of H-pyrrole nitrogens is 1. The monoisotopic (exact) mass is 167 g/mol. The molecule has 2 heterocycles. The normalized spacial score (nSPS) is 21.2. The molecule has 0 saturated heterocycles. The van der Waals surface area contributed by atoms with E-state index in [1.165, 1.54) is 0 Å².